The highest BCUT2D eigenvalue weighted by atomic mass is 32.1. The Bertz CT molecular complexity index is 1220. The molecule has 0 fully saturated rings. The lowest BCUT2D eigenvalue weighted by Gasteiger charge is -2.25. The molecule has 1 atom stereocenters. The van der Waals surface area contributed by atoms with E-state index in [1.165, 1.54) is 15.5 Å². The van der Waals surface area contributed by atoms with Gasteiger partial charge in [0.05, 0.1) is 31.3 Å². The number of methoxy groups -OCH3 is 1. The minimum absolute atomic E-state index is 0.0314. The number of aliphatic imine (C=N–C) groups is 1. The number of anilines is 2. The number of ether oxygens (including phenoxy) is 1. The van der Waals surface area contributed by atoms with Crippen LogP contribution in [-0.2, 0) is 29.0 Å². The molecule has 2 aromatic heterocycles. The number of thiophene rings is 1. The SMILES string of the molecule is CCON(C)C(=O)[C@H]1CCc2c(sc3ncnc(Nc4cc5c(cc4OC)CN=C5)c23)C1. The fourth-order valence-corrected chi connectivity index (χ4v) is 5.73. The smallest absolute Gasteiger partial charge is 0.249 e. The Morgan fingerprint density at radius 3 is 3.03 bits per heavy atom. The molecule has 1 N–H and O–H groups in total. The zero-order valence-corrected chi connectivity index (χ0v) is 19.2. The van der Waals surface area contributed by atoms with Gasteiger partial charge in [0.1, 0.15) is 22.7 Å². The number of hydroxylamine groups is 2. The van der Waals surface area contributed by atoms with Crippen molar-refractivity contribution in [2.75, 3.05) is 26.1 Å². The molecule has 2 aliphatic rings. The average molecular weight is 452 g/mol. The Morgan fingerprint density at radius 2 is 2.22 bits per heavy atom. The molecule has 1 aliphatic carbocycles. The number of carbonyl (C=O) groups is 1. The van der Waals surface area contributed by atoms with Gasteiger partial charge in [0.15, 0.2) is 0 Å². The van der Waals surface area contributed by atoms with E-state index in [0.29, 0.717) is 19.6 Å². The molecule has 9 heteroatoms. The molecule has 3 heterocycles. The highest BCUT2D eigenvalue weighted by Crippen LogP contribution is 2.42. The monoisotopic (exact) mass is 451 g/mol. The highest BCUT2D eigenvalue weighted by Gasteiger charge is 2.31. The van der Waals surface area contributed by atoms with Gasteiger partial charge in [0.25, 0.3) is 0 Å². The number of nitrogens with one attached hydrogen (secondary N) is 1. The summed E-state index contributed by atoms with van der Waals surface area (Å²) >= 11 is 1.65. The Balaban J connectivity index is 1.48. The maximum absolute atomic E-state index is 12.7. The first-order valence-corrected chi connectivity index (χ1v) is 11.5. The standard InChI is InChI=1S/C23H25N5O3S/c1-4-31-28(2)23(29)13-5-6-16-19(9-13)32-22-20(16)21(25-12-26-22)27-17-7-14-10-24-11-15(14)8-18(17)30-3/h7-8,10,12-13H,4-6,9,11H2,1-3H3,(H,25,26,27)/t13-/m0/s1. The summed E-state index contributed by atoms with van der Waals surface area (Å²) in [6.07, 6.45) is 5.76. The van der Waals surface area contributed by atoms with Crippen molar-refractivity contribution >= 4 is 45.2 Å². The van der Waals surface area contributed by atoms with Crippen molar-refractivity contribution < 1.29 is 14.4 Å². The molecular weight excluding hydrogens is 426 g/mol. The molecule has 166 valence electrons. The van der Waals surface area contributed by atoms with Crippen LogP contribution in [0.25, 0.3) is 10.2 Å². The van der Waals surface area contributed by atoms with Gasteiger partial charge in [-0.1, -0.05) is 0 Å². The first-order chi connectivity index (χ1) is 15.6. The average Bonchev–Trinajstić information content (AvgIpc) is 3.41. The van der Waals surface area contributed by atoms with Crippen molar-refractivity contribution in [1.82, 2.24) is 15.0 Å². The van der Waals surface area contributed by atoms with Crippen molar-refractivity contribution in [3.8, 4) is 5.75 Å². The van der Waals surface area contributed by atoms with Crippen molar-refractivity contribution in [1.29, 1.82) is 0 Å². The molecule has 1 aromatic carbocycles. The van der Waals surface area contributed by atoms with Gasteiger partial charge in [0, 0.05) is 24.1 Å². The number of nitrogens with zero attached hydrogens (tertiary/aromatic N) is 4. The number of aryl methyl sites for hydroxylation is 1. The second kappa shape index (κ2) is 8.48. The van der Waals surface area contributed by atoms with Gasteiger partial charge in [-0.25, -0.2) is 15.0 Å². The lowest BCUT2D eigenvalue weighted by Crippen LogP contribution is -2.35. The van der Waals surface area contributed by atoms with Crippen LogP contribution in [0.2, 0.25) is 0 Å². The van der Waals surface area contributed by atoms with E-state index in [9.17, 15) is 4.79 Å². The molecule has 0 bridgehead atoms. The van der Waals surface area contributed by atoms with Crippen LogP contribution in [-0.4, -0.2) is 47.9 Å². The maximum atomic E-state index is 12.7. The minimum Gasteiger partial charge on any atom is -0.495 e. The van der Waals surface area contributed by atoms with Gasteiger partial charge in [0.2, 0.25) is 5.91 Å². The predicted octanol–water partition coefficient (Wildman–Crippen LogP) is 3.89. The summed E-state index contributed by atoms with van der Waals surface area (Å²) in [7, 11) is 3.36. The quantitative estimate of drug-likeness (QED) is 0.572. The van der Waals surface area contributed by atoms with Crippen LogP contribution in [0, 0.1) is 5.92 Å². The van der Waals surface area contributed by atoms with Gasteiger partial charge >= 0.3 is 0 Å². The molecule has 32 heavy (non-hydrogen) atoms. The number of carbonyl (C=O) groups excluding carboxylic acids is 1. The normalized spacial score (nSPS) is 16.7. The zero-order chi connectivity index (χ0) is 22.2. The Kier molecular flexibility index (Phi) is 5.52. The highest BCUT2D eigenvalue weighted by molar-refractivity contribution is 7.19. The van der Waals surface area contributed by atoms with Crippen LogP contribution in [0.15, 0.2) is 23.5 Å². The molecule has 3 aromatic rings. The van der Waals surface area contributed by atoms with Gasteiger partial charge in [-0.05, 0) is 55.0 Å². The molecule has 0 radical (unpaired) electrons. The van der Waals surface area contributed by atoms with E-state index in [0.717, 1.165) is 51.4 Å². The second-order valence-corrected chi connectivity index (χ2v) is 9.03. The van der Waals surface area contributed by atoms with E-state index in [4.69, 9.17) is 9.57 Å². The minimum atomic E-state index is -0.0763. The van der Waals surface area contributed by atoms with Gasteiger partial charge < -0.3 is 10.1 Å². The van der Waals surface area contributed by atoms with E-state index in [2.05, 4.69) is 26.3 Å². The lowest BCUT2D eigenvalue weighted by molar-refractivity contribution is -0.181. The molecule has 1 aliphatic heterocycles. The summed E-state index contributed by atoms with van der Waals surface area (Å²) in [5.74, 6) is 1.48. The van der Waals surface area contributed by atoms with Crippen molar-refractivity contribution in [2.24, 2.45) is 10.9 Å². The third kappa shape index (κ3) is 3.61. The molecule has 0 spiro atoms. The Morgan fingerprint density at radius 1 is 1.34 bits per heavy atom. The Labute approximate surface area is 190 Å². The molecule has 0 saturated heterocycles. The summed E-state index contributed by atoms with van der Waals surface area (Å²) in [6.45, 7) is 3.04. The number of hydrogen-bond donors (Lipinski definition) is 1. The second-order valence-electron chi connectivity index (χ2n) is 7.95. The van der Waals surface area contributed by atoms with Crippen LogP contribution >= 0.6 is 11.3 Å². The predicted molar refractivity (Wildman–Crippen MR) is 125 cm³/mol. The topological polar surface area (TPSA) is 88.9 Å². The number of rotatable bonds is 6. The fourth-order valence-electron chi connectivity index (χ4n) is 4.46. The fraction of sp³-hybridized carbons (Fsp3) is 0.391. The van der Waals surface area contributed by atoms with Crippen molar-refractivity contribution in [3.63, 3.8) is 0 Å². The number of amides is 1. The molecule has 0 unspecified atom stereocenters. The summed E-state index contributed by atoms with van der Waals surface area (Å²) < 4.78 is 5.62. The van der Waals surface area contributed by atoms with E-state index in [1.807, 2.05) is 19.2 Å². The summed E-state index contributed by atoms with van der Waals surface area (Å²) in [6, 6.07) is 4.08. The molecule has 0 saturated carbocycles. The number of fused-ring (bicyclic) bond motifs is 4. The third-order valence-corrected chi connectivity index (χ3v) is 7.20. The van der Waals surface area contributed by atoms with Gasteiger partial charge in [-0.15, -0.1) is 11.3 Å². The summed E-state index contributed by atoms with van der Waals surface area (Å²) in [5, 5.41) is 5.88. The zero-order valence-electron chi connectivity index (χ0n) is 18.3. The number of aromatic nitrogens is 2. The van der Waals surface area contributed by atoms with Crippen LogP contribution in [0.5, 0.6) is 5.75 Å². The van der Waals surface area contributed by atoms with Gasteiger partial charge in [-0.2, -0.15) is 0 Å². The maximum Gasteiger partial charge on any atom is 0.249 e. The van der Waals surface area contributed by atoms with E-state index < -0.39 is 0 Å². The van der Waals surface area contributed by atoms with Crippen molar-refractivity contribution in [3.05, 3.63) is 40.0 Å². The largest absolute Gasteiger partial charge is 0.495 e. The van der Waals surface area contributed by atoms with Crippen LogP contribution < -0.4 is 10.1 Å². The molecule has 8 nitrogen and oxygen atoms in total. The van der Waals surface area contributed by atoms with Crippen molar-refractivity contribution in [2.45, 2.75) is 32.7 Å². The van der Waals surface area contributed by atoms with Gasteiger partial charge in [-0.3, -0.25) is 14.6 Å². The van der Waals surface area contributed by atoms with Crippen LogP contribution in [0.4, 0.5) is 11.5 Å². The first-order valence-electron chi connectivity index (χ1n) is 10.7. The molecule has 1 amide bonds. The summed E-state index contributed by atoms with van der Waals surface area (Å²) in [5.41, 5.74) is 4.33. The van der Waals surface area contributed by atoms with Crippen LogP contribution in [0.3, 0.4) is 0 Å². The molecule has 5 rings (SSSR count). The summed E-state index contributed by atoms with van der Waals surface area (Å²) in [4.78, 5) is 33.7. The van der Waals surface area contributed by atoms with E-state index in [1.54, 1.807) is 31.8 Å². The number of hydrogen-bond acceptors (Lipinski definition) is 8. The van der Waals surface area contributed by atoms with E-state index in [-0.39, 0.29) is 11.8 Å². The molecular formula is C23H25N5O3S. The first kappa shape index (κ1) is 20.8. The third-order valence-electron chi connectivity index (χ3n) is 6.03. The lowest BCUT2D eigenvalue weighted by atomic mass is 9.87. The Hall–Kier alpha value is -3.04. The van der Waals surface area contributed by atoms with Crippen LogP contribution in [0.1, 0.15) is 34.9 Å². The van der Waals surface area contributed by atoms with E-state index >= 15 is 0 Å². The number of benzene rings is 1.